The van der Waals surface area contributed by atoms with Gasteiger partial charge in [0.25, 0.3) is 0 Å². The highest BCUT2D eigenvalue weighted by Gasteiger charge is 2.14. The van der Waals surface area contributed by atoms with Gasteiger partial charge in [-0.05, 0) is 19.1 Å². The number of carbonyl (C=O) groups excluding carboxylic acids is 1. The number of nitro groups is 1. The number of amides is 1. The summed E-state index contributed by atoms with van der Waals surface area (Å²) in [5.41, 5.74) is -0.146. The first kappa shape index (κ1) is 12.8. The Morgan fingerprint density at radius 3 is 3.05 bits per heavy atom. The fourth-order valence-electron chi connectivity index (χ4n) is 1.58. The van der Waals surface area contributed by atoms with Crippen molar-refractivity contribution in [3.8, 4) is 0 Å². The number of nitrogens with zero attached hydrogens (tertiary/aromatic N) is 3. The Bertz CT molecular complexity index is 575. The van der Waals surface area contributed by atoms with Gasteiger partial charge in [0.05, 0.1) is 17.2 Å². The van der Waals surface area contributed by atoms with Crippen LogP contribution in [0.5, 0.6) is 0 Å². The fourth-order valence-corrected chi connectivity index (χ4v) is 1.58. The third kappa shape index (κ3) is 3.18. The zero-order valence-electron chi connectivity index (χ0n) is 10.1. The molecule has 2 heterocycles. The number of rotatable bonds is 5. The van der Waals surface area contributed by atoms with Crippen molar-refractivity contribution in [1.29, 1.82) is 0 Å². The van der Waals surface area contributed by atoms with E-state index in [2.05, 4.69) is 10.4 Å². The molecule has 0 saturated carbocycles. The van der Waals surface area contributed by atoms with Crippen molar-refractivity contribution in [2.24, 2.45) is 0 Å². The maximum Gasteiger partial charge on any atom is 0.307 e. The van der Waals surface area contributed by atoms with E-state index in [1.54, 1.807) is 19.1 Å². The molecule has 19 heavy (non-hydrogen) atoms. The molecule has 1 atom stereocenters. The summed E-state index contributed by atoms with van der Waals surface area (Å²) in [5, 5.41) is 16.9. The zero-order valence-corrected chi connectivity index (χ0v) is 10.1. The van der Waals surface area contributed by atoms with E-state index in [1.165, 1.54) is 17.1 Å². The molecule has 1 amide bonds. The summed E-state index contributed by atoms with van der Waals surface area (Å²) in [6.07, 6.45) is 3.83. The zero-order chi connectivity index (χ0) is 13.8. The molecule has 0 aliphatic carbocycles. The molecule has 0 aliphatic heterocycles. The second-order valence-corrected chi connectivity index (χ2v) is 3.96. The summed E-state index contributed by atoms with van der Waals surface area (Å²) in [6.45, 7) is 1.70. The molecular formula is C11H12N4O4. The molecule has 0 radical (unpaired) electrons. The van der Waals surface area contributed by atoms with Gasteiger partial charge in [0.1, 0.15) is 24.7 Å². The van der Waals surface area contributed by atoms with Gasteiger partial charge in [0.15, 0.2) is 0 Å². The maximum atomic E-state index is 11.7. The fraction of sp³-hybridized carbons (Fsp3) is 0.273. The molecule has 8 nitrogen and oxygen atoms in total. The quantitative estimate of drug-likeness (QED) is 0.646. The van der Waals surface area contributed by atoms with Crippen molar-refractivity contribution in [3.63, 3.8) is 0 Å². The van der Waals surface area contributed by atoms with Crippen LogP contribution in [-0.4, -0.2) is 20.6 Å². The average Bonchev–Trinajstić information content (AvgIpc) is 2.98. The second-order valence-electron chi connectivity index (χ2n) is 3.96. The normalized spacial score (nSPS) is 12.1. The predicted octanol–water partition coefficient (Wildman–Crippen LogP) is 1.26. The highest BCUT2D eigenvalue weighted by Crippen LogP contribution is 2.12. The molecule has 0 saturated heterocycles. The van der Waals surface area contributed by atoms with Gasteiger partial charge in [-0.25, -0.2) is 0 Å². The molecule has 0 unspecified atom stereocenters. The van der Waals surface area contributed by atoms with Gasteiger partial charge in [0, 0.05) is 0 Å². The van der Waals surface area contributed by atoms with E-state index in [4.69, 9.17) is 4.42 Å². The van der Waals surface area contributed by atoms with Crippen LogP contribution in [0.1, 0.15) is 18.7 Å². The molecule has 2 aromatic rings. The average molecular weight is 264 g/mol. The Morgan fingerprint density at radius 1 is 1.68 bits per heavy atom. The van der Waals surface area contributed by atoms with Crippen LogP contribution in [0.3, 0.4) is 0 Å². The number of furan rings is 1. The summed E-state index contributed by atoms with van der Waals surface area (Å²) in [5.74, 6) is 0.335. The minimum Gasteiger partial charge on any atom is -0.467 e. The van der Waals surface area contributed by atoms with Crippen molar-refractivity contribution >= 4 is 11.6 Å². The Morgan fingerprint density at radius 2 is 2.47 bits per heavy atom. The number of hydrogen-bond donors (Lipinski definition) is 1. The number of nitrogens with one attached hydrogen (secondary N) is 1. The number of aromatic nitrogens is 2. The summed E-state index contributed by atoms with van der Waals surface area (Å²) in [4.78, 5) is 21.6. The molecular weight excluding hydrogens is 252 g/mol. The third-order valence-corrected chi connectivity index (χ3v) is 2.48. The smallest absolute Gasteiger partial charge is 0.307 e. The highest BCUT2D eigenvalue weighted by atomic mass is 16.6. The van der Waals surface area contributed by atoms with Crippen molar-refractivity contribution in [2.75, 3.05) is 0 Å². The molecule has 8 heteroatoms. The first-order valence-electron chi connectivity index (χ1n) is 5.56. The Balaban J connectivity index is 1.92. The first-order valence-corrected chi connectivity index (χ1v) is 5.56. The Labute approximate surface area is 108 Å². The van der Waals surface area contributed by atoms with Gasteiger partial charge >= 0.3 is 5.69 Å². The van der Waals surface area contributed by atoms with Crippen molar-refractivity contribution < 1.29 is 14.1 Å². The van der Waals surface area contributed by atoms with Crippen LogP contribution < -0.4 is 5.32 Å². The van der Waals surface area contributed by atoms with Crippen molar-refractivity contribution in [3.05, 3.63) is 46.7 Å². The van der Waals surface area contributed by atoms with Crippen LogP contribution in [0.25, 0.3) is 0 Å². The van der Waals surface area contributed by atoms with Crippen LogP contribution in [0.4, 0.5) is 5.69 Å². The molecule has 2 rings (SSSR count). The van der Waals surface area contributed by atoms with Gasteiger partial charge in [-0.1, -0.05) is 0 Å². The van der Waals surface area contributed by atoms with Crippen molar-refractivity contribution in [1.82, 2.24) is 15.1 Å². The molecule has 0 aromatic carbocycles. The second kappa shape index (κ2) is 5.34. The lowest BCUT2D eigenvalue weighted by Gasteiger charge is -2.11. The van der Waals surface area contributed by atoms with E-state index >= 15 is 0 Å². The Kier molecular flexibility index (Phi) is 3.60. The monoisotopic (exact) mass is 264 g/mol. The molecule has 2 aromatic heterocycles. The summed E-state index contributed by atoms with van der Waals surface area (Å²) < 4.78 is 6.37. The van der Waals surface area contributed by atoms with Gasteiger partial charge < -0.3 is 9.73 Å². The summed E-state index contributed by atoms with van der Waals surface area (Å²) in [6, 6.07) is 3.21. The van der Waals surface area contributed by atoms with E-state index in [0.717, 1.165) is 6.20 Å². The van der Waals surface area contributed by atoms with E-state index in [1.807, 2.05) is 0 Å². The minimum absolute atomic E-state index is 0.0844. The van der Waals surface area contributed by atoms with Gasteiger partial charge in [0.2, 0.25) is 5.91 Å². The standard InChI is InChI=1S/C11H12N4O4/c1-8(10-3-2-4-19-10)13-11(16)7-14-6-9(5-12-14)15(17)18/h2-6,8H,7H2,1H3,(H,13,16)/t8-/m0/s1. The van der Waals surface area contributed by atoms with E-state index in [9.17, 15) is 14.9 Å². The molecule has 0 fully saturated rings. The van der Waals surface area contributed by atoms with Gasteiger partial charge in [-0.2, -0.15) is 5.10 Å². The SMILES string of the molecule is C[C@H](NC(=O)Cn1cc([N+](=O)[O-])cn1)c1ccco1. The lowest BCUT2D eigenvalue weighted by atomic mass is 10.2. The molecule has 0 aliphatic rings. The summed E-state index contributed by atoms with van der Waals surface area (Å²) >= 11 is 0. The maximum absolute atomic E-state index is 11.7. The largest absolute Gasteiger partial charge is 0.467 e. The third-order valence-electron chi connectivity index (χ3n) is 2.48. The number of hydrogen-bond acceptors (Lipinski definition) is 5. The first-order chi connectivity index (χ1) is 9.06. The van der Waals surface area contributed by atoms with E-state index < -0.39 is 4.92 Å². The van der Waals surface area contributed by atoms with Crippen LogP contribution in [-0.2, 0) is 11.3 Å². The topological polar surface area (TPSA) is 103 Å². The lowest BCUT2D eigenvalue weighted by molar-refractivity contribution is -0.385. The van der Waals surface area contributed by atoms with E-state index in [0.29, 0.717) is 5.76 Å². The van der Waals surface area contributed by atoms with Gasteiger partial charge in [-0.15, -0.1) is 0 Å². The van der Waals surface area contributed by atoms with E-state index in [-0.39, 0.29) is 24.2 Å². The Hall–Kier alpha value is -2.64. The van der Waals surface area contributed by atoms with Crippen LogP contribution in [0.2, 0.25) is 0 Å². The predicted molar refractivity (Wildman–Crippen MR) is 64.1 cm³/mol. The molecule has 1 N–H and O–H groups in total. The minimum atomic E-state index is -0.563. The van der Waals surface area contributed by atoms with Crippen LogP contribution in [0, 0.1) is 10.1 Å². The van der Waals surface area contributed by atoms with Crippen molar-refractivity contribution in [2.45, 2.75) is 19.5 Å². The van der Waals surface area contributed by atoms with Crippen LogP contribution >= 0.6 is 0 Å². The highest BCUT2D eigenvalue weighted by molar-refractivity contribution is 5.76. The van der Waals surface area contributed by atoms with Crippen LogP contribution in [0.15, 0.2) is 35.2 Å². The molecule has 100 valence electrons. The summed E-state index contributed by atoms with van der Waals surface area (Å²) in [7, 11) is 0. The lowest BCUT2D eigenvalue weighted by Crippen LogP contribution is -2.30. The van der Waals surface area contributed by atoms with Gasteiger partial charge in [-0.3, -0.25) is 19.6 Å². The number of carbonyl (C=O) groups is 1. The molecule has 0 spiro atoms. The molecule has 0 bridgehead atoms.